The van der Waals surface area contributed by atoms with Crippen LogP contribution in [-0.4, -0.2) is 36.5 Å². The molecule has 0 aromatic rings. The zero-order chi connectivity index (χ0) is 19.6. The summed E-state index contributed by atoms with van der Waals surface area (Å²) < 4.78 is 11.5. The Morgan fingerprint density at radius 3 is 2.56 bits per heavy atom. The first-order valence-electron chi connectivity index (χ1n) is 10.8. The molecule has 0 bridgehead atoms. The average molecular weight is 377 g/mol. The molecule has 4 fully saturated rings. The van der Waals surface area contributed by atoms with Gasteiger partial charge in [0.1, 0.15) is 6.10 Å². The van der Waals surface area contributed by atoms with E-state index in [1.54, 1.807) is 7.11 Å². The maximum atomic E-state index is 11.5. The summed E-state index contributed by atoms with van der Waals surface area (Å²) in [6.07, 6.45) is 6.74. The van der Waals surface area contributed by atoms with E-state index in [0.717, 1.165) is 38.5 Å². The number of methoxy groups -OCH3 is 1. The van der Waals surface area contributed by atoms with Crippen LogP contribution in [0, 0.1) is 34.5 Å². The third-order valence-corrected chi connectivity index (χ3v) is 9.24. The molecular weight excluding hydrogens is 340 g/mol. The number of hydrogen-bond acceptors (Lipinski definition) is 4. The van der Waals surface area contributed by atoms with Crippen LogP contribution in [0.5, 0.6) is 0 Å². The number of esters is 1. The Morgan fingerprint density at radius 1 is 1.15 bits per heavy atom. The molecule has 4 aliphatic carbocycles. The van der Waals surface area contributed by atoms with Crippen LogP contribution in [0.15, 0.2) is 12.2 Å². The van der Waals surface area contributed by atoms with Gasteiger partial charge >= 0.3 is 5.97 Å². The van der Waals surface area contributed by atoms with Gasteiger partial charge in [0.2, 0.25) is 0 Å². The van der Waals surface area contributed by atoms with Crippen molar-refractivity contribution in [1.29, 1.82) is 0 Å². The number of ether oxygens (including phenoxy) is 2. The highest BCUT2D eigenvalue weighted by molar-refractivity contribution is 5.66. The molecule has 4 aliphatic rings. The van der Waals surface area contributed by atoms with Crippen molar-refractivity contribution in [2.24, 2.45) is 34.5 Å². The predicted octanol–water partition coefficient (Wildman–Crippen LogP) is 4.11. The summed E-state index contributed by atoms with van der Waals surface area (Å²) >= 11 is 0. The van der Waals surface area contributed by atoms with Crippen LogP contribution in [0.1, 0.15) is 65.7 Å². The normalized spacial score (nSPS) is 51.9. The maximum absolute atomic E-state index is 11.5. The standard InChI is InChI=1S/C23H36O4/c1-13-6-7-16-19-17(9-11-22(13,16)3)23(4)10-8-15(27-14(2)24)12-18(23)21(26-5)20(19)25/h15-21,25H,1,6-12H2,2-5H3/t15-,16?,17?,18?,19?,20+,21+,22+,23+/m0/s1. The van der Waals surface area contributed by atoms with Gasteiger partial charge in [-0.1, -0.05) is 26.0 Å². The SMILES string of the molecule is C=C1CCC2C3C(CC[C@]12C)[C@@]1(C)CC[C@H](OC(C)=O)CC1[C@@H](OC)[C@@H]3O. The molecule has 0 aromatic heterocycles. The number of aliphatic hydroxyl groups excluding tert-OH is 1. The first-order chi connectivity index (χ1) is 12.7. The average Bonchev–Trinajstić information content (AvgIpc) is 2.91. The smallest absolute Gasteiger partial charge is 0.302 e. The van der Waals surface area contributed by atoms with Gasteiger partial charge in [0, 0.05) is 14.0 Å². The zero-order valence-electron chi connectivity index (χ0n) is 17.4. The molecule has 0 spiro atoms. The number of carbonyl (C=O) groups is 1. The Kier molecular flexibility index (Phi) is 4.74. The molecule has 4 nitrogen and oxygen atoms in total. The lowest BCUT2D eigenvalue weighted by molar-refractivity contribution is -0.227. The minimum atomic E-state index is -0.440. The highest BCUT2D eigenvalue weighted by Gasteiger charge is 2.64. The van der Waals surface area contributed by atoms with E-state index in [0.29, 0.717) is 17.8 Å². The Morgan fingerprint density at radius 2 is 1.89 bits per heavy atom. The molecule has 4 rings (SSSR count). The van der Waals surface area contributed by atoms with E-state index in [2.05, 4.69) is 20.4 Å². The van der Waals surface area contributed by atoms with Crippen molar-refractivity contribution in [3.05, 3.63) is 12.2 Å². The number of aliphatic hydroxyl groups is 1. The van der Waals surface area contributed by atoms with Crippen molar-refractivity contribution in [3.8, 4) is 0 Å². The van der Waals surface area contributed by atoms with Gasteiger partial charge in [-0.2, -0.15) is 0 Å². The molecule has 0 amide bonds. The lowest BCUT2D eigenvalue weighted by Gasteiger charge is -2.63. The van der Waals surface area contributed by atoms with Crippen LogP contribution in [0.2, 0.25) is 0 Å². The lowest BCUT2D eigenvalue weighted by Crippen LogP contribution is -2.64. The Labute approximate surface area is 163 Å². The first kappa shape index (κ1) is 19.4. The zero-order valence-corrected chi connectivity index (χ0v) is 17.4. The summed E-state index contributed by atoms with van der Waals surface area (Å²) in [5.74, 6) is 1.36. The number of hydrogen-bond donors (Lipinski definition) is 1. The van der Waals surface area contributed by atoms with Crippen LogP contribution in [0.4, 0.5) is 0 Å². The second kappa shape index (κ2) is 6.59. The second-order valence-electron chi connectivity index (χ2n) is 10.2. The monoisotopic (exact) mass is 376 g/mol. The predicted molar refractivity (Wildman–Crippen MR) is 104 cm³/mol. The number of carbonyl (C=O) groups excluding carboxylic acids is 1. The lowest BCUT2D eigenvalue weighted by atomic mass is 9.43. The highest BCUT2D eigenvalue weighted by atomic mass is 16.5. The summed E-state index contributed by atoms with van der Waals surface area (Å²) in [6.45, 7) is 10.7. The van der Waals surface area contributed by atoms with Crippen LogP contribution in [0.3, 0.4) is 0 Å². The van der Waals surface area contributed by atoms with Crippen molar-refractivity contribution < 1.29 is 19.4 Å². The number of allylic oxidation sites excluding steroid dienone is 1. The largest absolute Gasteiger partial charge is 0.463 e. The number of rotatable bonds is 2. The van der Waals surface area contributed by atoms with Gasteiger partial charge in [-0.25, -0.2) is 0 Å². The summed E-state index contributed by atoms with van der Waals surface area (Å²) in [5, 5.41) is 11.5. The highest BCUT2D eigenvalue weighted by Crippen LogP contribution is 2.67. The minimum absolute atomic E-state index is 0.0397. The number of fused-ring (bicyclic) bond motifs is 5. The quantitative estimate of drug-likeness (QED) is 0.582. The van der Waals surface area contributed by atoms with E-state index in [-0.39, 0.29) is 34.9 Å². The van der Waals surface area contributed by atoms with Gasteiger partial charge in [-0.15, -0.1) is 0 Å². The summed E-state index contributed by atoms with van der Waals surface area (Å²) in [4.78, 5) is 11.5. The summed E-state index contributed by atoms with van der Waals surface area (Å²) in [7, 11) is 1.74. The van der Waals surface area contributed by atoms with Crippen LogP contribution < -0.4 is 0 Å². The molecule has 0 radical (unpaired) electrons. The molecule has 9 atom stereocenters. The van der Waals surface area contributed by atoms with Crippen molar-refractivity contribution in [2.75, 3.05) is 7.11 Å². The van der Waals surface area contributed by atoms with Gasteiger partial charge < -0.3 is 14.6 Å². The van der Waals surface area contributed by atoms with Crippen molar-refractivity contribution in [3.63, 3.8) is 0 Å². The summed E-state index contributed by atoms with van der Waals surface area (Å²) in [5.41, 5.74) is 1.71. The summed E-state index contributed by atoms with van der Waals surface area (Å²) in [6, 6.07) is 0. The van der Waals surface area contributed by atoms with E-state index < -0.39 is 6.10 Å². The van der Waals surface area contributed by atoms with Crippen molar-refractivity contribution in [1.82, 2.24) is 0 Å². The van der Waals surface area contributed by atoms with Gasteiger partial charge in [-0.05, 0) is 79.4 Å². The van der Waals surface area contributed by atoms with Crippen LogP contribution in [0.25, 0.3) is 0 Å². The van der Waals surface area contributed by atoms with E-state index in [9.17, 15) is 9.90 Å². The fraction of sp³-hybridized carbons (Fsp3) is 0.870. The fourth-order valence-corrected chi connectivity index (χ4v) is 7.75. The molecule has 4 heteroatoms. The molecule has 4 saturated carbocycles. The molecule has 0 heterocycles. The molecule has 152 valence electrons. The Bertz CT molecular complexity index is 630. The van der Waals surface area contributed by atoms with Gasteiger partial charge in [0.05, 0.1) is 12.2 Å². The van der Waals surface area contributed by atoms with E-state index >= 15 is 0 Å². The molecular formula is C23H36O4. The van der Waals surface area contributed by atoms with Crippen LogP contribution in [-0.2, 0) is 14.3 Å². The first-order valence-corrected chi connectivity index (χ1v) is 10.8. The molecule has 0 saturated heterocycles. The van der Waals surface area contributed by atoms with Gasteiger partial charge in [-0.3, -0.25) is 4.79 Å². The third kappa shape index (κ3) is 2.73. The van der Waals surface area contributed by atoms with E-state index in [1.165, 1.54) is 18.9 Å². The molecule has 1 N–H and O–H groups in total. The van der Waals surface area contributed by atoms with Crippen molar-refractivity contribution >= 4 is 5.97 Å². The second-order valence-corrected chi connectivity index (χ2v) is 10.2. The van der Waals surface area contributed by atoms with E-state index in [1.807, 2.05) is 0 Å². The van der Waals surface area contributed by atoms with Crippen LogP contribution >= 0.6 is 0 Å². The van der Waals surface area contributed by atoms with Gasteiger partial charge in [0.25, 0.3) is 0 Å². The fourth-order valence-electron chi connectivity index (χ4n) is 7.75. The Hall–Kier alpha value is -0.870. The Balaban J connectivity index is 1.67. The maximum Gasteiger partial charge on any atom is 0.302 e. The topological polar surface area (TPSA) is 55.8 Å². The molecule has 27 heavy (non-hydrogen) atoms. The molecule has 0 aliphatic heterocycles. The van der Waals surface area contributed by atoms with Crippen molar-refractivity contribution in [2.45, 2.75) is 84.0 Å². The molecule has 4 unspecified atom stereocenters. The minimum Gasteiger partial charge on any atom is -0.463 e. The third-order valence-electron chi connectivity index (χ3n) is 9.24. The van der Waals surface area contributed by atoms with Gasteiger partial charge in [0.15, 0.2) is 0 Å². The molecule has 0 aromatic carbocycles. The van der Waals surface area contributed by atoms with E-state index in [4.69, 9.17) is 9.47 Å².